The van der Waals surface area contributed by atoms with E-state index in [0.717, 1.165) is 5.56 Å². The Hall–Kier alpha value is -2.50. The topological polar surface area (TPSA) is 46.3 Å². The van der Waals surface area contributed by atoms with Crippen LogP contribution in [0, 0.1) is 17.5 Å². The van der Waals surface area contributed by atoms with Gasteiger partial charge in [-0.15, -0.1) is 0 Å². The van der Waals surface area contributed by atoms with E-state index >= 15 is 0 Å². The zero-order valence-electron chi connectivity index (χ0n) is 10.9. The maximum absolute atomic E-state index is 13.2. The molecule has 2 aromatic carbocycles. The summed E-state index contributed by atoms with van der Waals surface area (Å²) >= 11 is 0. The van der Waals surface area contributed by atoms with Gasteiger partial charge in [0.15, 0.2) is 17.5 Å². The van der Waals surface area contributed by atoms with E-state index < -0.39 is 23.4 Å². The summed E-state index contributed by atoms with van der Waals surface area (Å²) in [6.07, 6.45) is 0.632. The average molecular weight is 292 g/mol. The second-order valence-electron chi connectivity index (χ2n) is 4.85. The van der Waals surface area contributed by atoms with E-state index in [-0.39, 0.29) is 5.56 Å². The van der Waals surface area contributed by atoms with Crippen LogP contribution in [0.25, 0.3) is 0 Å². The molecular weight excluding hydrogens is 281 g/mol. The van der Waals surface area contributed by atoms with Gasteiger partial charge in [0.25, 0.3) is 5.91 Å². The van der Waals surface area contributed by atoms with Gasteiger partial charge in [0.1, 0.15) is 0 Å². The number of carbonyl (C=O) groups is 1. The van der Waals surface area contributed by atoms with Gasteiger partial charge in [0, 0.05) is 23.5 Å². The fourth-order valence-electron chi connectivity index (χ4n) is 2.44. The van der Waals surface area contributed by atoms with Crippen LogP contribution in [-0.4, -0.2) is 12.5 Å². The van der Waals surface area contributed by atoms with E-state index in [0.29, 0.717) is 36.5 Å². The Morgan fingerprint density at radius 2 is 1.76 bits per heavy atom. The monoisotopic (exact) mass is 292 g/mol. The van der Waals surface area contributed by atoms with Gasteiger partial charge in [-0.1, -0.05) is 6.07 Å². The first-order valence-electron chi connectivity index (χ1n) is 6.32. The van der Waals surface area contributed by atoms with Gasteiger partial charge in [-0.05, 0) is 36.2 Å². The molecule has 0 radical (unpaired) electrons. The van der Waals surface area contributed by atoms with Crippen molar-refractivity contribution in [1.29, 1.82) is 0 Å². The van der Waals surface area contributed by atoms with E-state index in [1.54, 1.807) is 12.1 Å². The Morgan fingerprint density at radius 1 is 1.10 bits per heavy atom. The fraction of sp³-hybridized carbons (Fsp3) is 0.133. The third-order valence-electron chi connectivity index (χ3n) is 3.48. The summed E-state index contributed by atoms with van der Waals surface area (Å²) in [6, 6.07) is 6.57. The van der Waals surface area contributed by atoms with Crippen LogP contribution in [0.2, 0.25) is 0 Å². The summed E-state index contributed by atoms with van der Waals surface area (Å²) in [4.78, 5) is 13.8. The number of carbonyl (C=O) groups excluding carboxylic acids is 1. The third-order valence-corrected chi connectivity index (χ3v) is 3.48. The van der Waals surface area contributed by atoms with Crippen LogP contribution in [-0.2, 0) is 6.42 Å². The zero-order chi connectivity index (χ0) is 15.1. The van der Waals surface area contributed by atoms with Crippen LogP contribution in [0.15, 0.2) is 30.3 Å². The number of benzene rings is 2. The van der Waals surface area contributed by atoms with Crippen LogP contribution in [0.4, 0.5) is 24.5 Å². The molecule has 21 heavy (non-hydrogen) atoms. The molecule has 3 rings (SSSR count). The quantitative estimate of drug-likeness (QED) is 0.649. The normalized spacial score (nSPS) is 13.4. The molecule has 1 aliphatic rings. The van der Waals surface area contributed by atoms with Gasteiger partial charge in [-0.2, -0.15) is 0 Å². The van der Waals surface area contributed by atoms with E-state index in [1.165, 1.54) is 4.90 Å². The molecule has 2 aromatic rings. The summed E-state index contributed by atoms with van der Waals surface area (Å²) in [7, 11) is 0. The van der Waals surface area contributed by atoms with Crippen LogP contribution in [0.1, 0.15) is 15.9 Å². The minimum absolute atomic E-state index is 0.235. The van der Waals surface area contributed by atoms with Crippen molar-refractivity contribution in [2.24, 2.45) is 0 Å². The smallest absolute Gasteiger partial charge is 0.258 e. The standard InChI is InChI=1S/C15H11F3N2O/c16-11-5-9(6-12(17)14(11)18)15(21)20-4-3-8-1-2-10(19)7-13(8)20/h1-2,5-7H,3-4,19H2. The Labute approximate surface area is 118 Å². The van der Waals surface area contributed by atoms with Crippen molar-refractivity contribution in [1.82, 2.24) is 0 Å². The summed E-state index contributed by atoms with van der Waals surface area (Å²) in [6.45, 7) is 0.387. The molecule has 108 valence electrons. The van der Waals surface area contributed by atoms with E-state index in [4.69, 9.17) is 5.73 Å². The molecule has 0 aromatic heterocycles. The van der Waals surface area contributed by atoms with Crippen LogP contribution >= 0.6 is 0 Å². The summed E-state index contributed by atoms with van der Waals surface area (Å²) in [5.74, 6) is -4.94. The molecule has 0 spiro atoms. The third kappa shape index (κ3) is 2.22. The molecule has 1 amide bonds. The summed E-state index contributed by atoms with van der Waals surface area (Å²) in [5, 5.41) is 0. The number of hydrogen-bond acceptors (Lipinski definition) is 2. The predicted octanol–water partition coefficient (Wildman–Crippen LogP) is 2.89. The zero-order valence-corrected chi connectivity index (χ0v) is 10.9. The number of hydrogen-bond donors (Lipinski definition) is 1. The Bertz CT molecular complexity index is 723. The highest BCUT2D eigenvalue weighted by atomic mass is 19.2. The van der Waals surface area contributed by atoms with Crippen molar-refractivity contribution < 1.29 is 18.0 Å². The molecule has 0 atom stereocenters. The highest BCUT2D eigenvalue weighted by molar-refractivity contribution is 6.07. The molecule has 6 heteroatoms. The van der Waals surface area contributed by atoms with E-state index in [1.807, 2.05) is 6.07 Å². The predicted molar refractivity (Wildman–Crippen MR) is 72.6 cm³/mol. The molecule has 0 bridgehead atoms. The van der Waals surface area contributed by atoms with Crippen LogP contribution in [0.5, 0.6) is 0 Å². The maximum atomic E-state index is 13.2. The first kappa shape index (κ1) is 13.5. The first-order valence-corrected chi connectivity index (χ1v) is 6.32. The van der Waals surface area contributed by atoms with Gasteiger partial charge in [0.05, 0.1) is 0 Å². The lowest BCUT2D eigenvalue weighted by atomic mass is 10.1. The Kier molecular flexibility index (Phi) is 3.08. The van der Waals surface area contributed by atoms with E-state index in [2.05, 4.69) is 0 Å². The number of nitrogens with zero attached hydrogens (tertiary/aromatic N) is 1. The van der Waals surface area contributed by atoms with Crippen molar-refractivity contribution in [3.63, 3.8) is 0 Å². The molecule has 0 unspecified atom stereocenters. The number of rotatable bonds is 1. The lowest BCUT2D eigenvalue weighted by molar-refractivity contribution is 0.0988. The number of halogens is 3. The van der Waals surface area contributed by atoms with Crippen LogP contribution < -0.4 is 10.6 Å². The fourth-order valence-corrected chi connectivity index (χ4v) is 2.44. The molecule has 0 fully saturated rings. The summed E-state index contributed by atoms with van der Waals surface area (Å²) in [5.41, 5.74) is 7.50. The molecule has 0 saturated heterocycles. The number of nitrogens with two attached hydrogens (primary N) is 1. The molecule has 2 N–H and O–H groups in total. The van der Waals surface area contributed by atoms with Gasteiger partial charge in [0.2, 0.25) is 0 Å². The molecular formula is C15H11F3N2O. The minimum atomic E-state index is -1.59. The first-order chi connectivity index (χ1) is 9.97. The molecule has 3 nitrogen and oxygen atoms in total. The number of nitrogen functional groups attached to an aromatic ring is 1. The SMILES string of the molecule is Nc1ccc2c(c1)N(C(=O)c1cc(F)c(F)c(F)c1)CC2. The largest absolute Gasteiger partial charge is 0.399 e. The second kappa shape index (κ2) is 4.80. The number of amides is 1. The van der Waals surface area contributed by atoms with Crippen molar-refractivity contribution in [2.45, 2.75) is 6.42 Å². The number of fused-ring (bicyclic) bond motifs is 1. The molecule has 1 aliphatic heterocycles. The number of anilines is 2. The maximum Gasteiger partial charge on any atom is 0.258 e. The van der Waals surface area contributed by atoms with Gasteiger partial charge in [-0.3, -0.25) is 4.79 Å². The van der Waals surface area contributed by atoms with Gasteiger partial charge >= 0.3 is 0 Å². The molecule has 0 saturated carbocycles. The van der Waals surface area contributed by atoms with Crippen molar-refractivity contribution >= 4 is 17.3 Å². The highest BCUT2D eigenvalue weighted by Crippen LogP contribution is 2.31. The van der Waals surface area contributed by atoms with Crippen LogP contribution in [0.3, 0.4) is 0 Å². The Balaban J connectivity index is 2.00. The second-order valence-corrected chi connectivity index (χ2v) is 4.85. The molecule has 1 heterocycles. The van der Waals surface area contributed by atoms with Crippen molar-refractivity contribution in [3.8, 4) is 0 Å². The van der Waals surface area contributed by atoms with E-state index in [9.17, 15) is 18.0 Å². The highest BCUT2D eigenvalue weighted by Gasteiger charge is 2.27. The summed E-state index contributed by atoms with van der Waals surface area (Å²) < 4.78 is 39.4. The lowest BCUT2D eigenvalue weighted by Crippen LogP contribution is -2.29. The molecule has 0 aliphatic carbocycles. The minimum Gasteiger partial charge on any atom is -0.399 e. The van der Waals surface area contributed by atoms with Gasteiger partial charge in [-0.25, -0.2) is 13.2 Å². The Morgan fingerprint density at radius 3 is 2.43 bits per heavy atom. The van der Waals surface area contributed by atoms with Crippen molar-refractivity contribution in [3.05, 3.63) is 58.9 Å². The van der Waals surface area contributed by atoms with Crippen molar-refractivity contribution in [2.75, 3.05) is 17.2 Å². The van der Waals surface area contributed by atoms with Gasteiger partial charge < -0.3 is 10.6 Å². The average Bonchev–Trinajstić information content (AvgIpc) is 2.86. The lowest BCUT2D eigenvalue weighted by Gasteiger charge is -2.18.